The smallest absolute Gasteiger partial charge is 0.311 e. The van der Waals surface area contributed by atoms with Crippen LogP contribution in [0.5, 0.6) is 0 Å². The number of hydrogen-bond donors (Lipinski definition) is 3. The summed E-state index contributed by atoms with van der Waals surface area (Å²) in [5.41, 5.74) is 1.93. The van der Waals surface area contributed by atoms with E-state index in [1.165, 1.54) is 6.07 Å². The predicted molar refractivity (Wildman–Crippen MR) is 132 cm³/mol. The number of pyridine rings is 1. The molecule has 0 aliphatic carbocycles. The van der Waals surface area contributed by atoms with Crippen LogP contribution in [0.2, 0.25) is 10.0 Å². The quantitative estimate of drug-likeness (QED) is 0.172. The van der Waals surface area contributed by atoms with E-state index in [1.807, 2.05) is 0 Å². The van der Waals surface area contributed by atoms with Crippen LogP contribution in [-0.2, 0) is 0 Å². The van der Waals surface area contributed by atoms with Crippen LogP contribution >= 0.6 is 23.2 Å². The van der Waals surface area contributed by atoms with E-state index in [-0.39, 0.29) is 11.5 Å². The van der Waals surface area contributed by atoms with Gasteiger partial charge in [0.15, 0.2) is 0 Å². The van der Waals surface area contributed by atoms with Gasteiger partial charge in [0.05, 0.1) is 28.2 Å². The zero-order chi connectivity index (χ0) is 24.1. The molecule has 3 heterocycles. The predicted octanol–water partition coefficient (Wildman–Crippen LogP) is 4.51. The first-order valence-electron chi connectivity index (χ1n) is 10.1. The Balaban J connectivity index is 1.49. The lowest BCUT2D eigenvalue weighted by atomic mass is 10.1. The number of hydrogen-bond acceptors (Lipinski definition) is 9. The molecule has 0 aliphatic heterocycles. The molecule has 3 N–H and O–H groups in total. The van der Waals surface area contributed by atoms with Gasteiger partial charge in [-0.05, 0) is 24.3 Å². The largest absolute Gasteiger partial charge is 0.368 e. The van der Waals surface area contributed by atoms with Gasteiger partial charge in [0.1, 0.15) is 11.5 Å². The minimum atomic E-state index is -0.487. The molecule has 0 saturated heterocycles. The lowest BCUT2D eigenvalue weighted by molar-refractivity contribution is -0.384. The highest BCUT2D eigenvalue weighted by atomic mass is 35.5. The van der Waals surface area contributed by atoms with Crippen molar-refractivity contribution in [1.82, 2.24) is 24.5 Å². The van der Waals surface area contributed by atoms with E-state index in [9.17, 15) is 10.1 Å². The maximum absolute atomic E-state index is 11.0. The molecule has 0 radical (unpaired) electrons. The highest BCUT2D eigenvalue weighted by molar-refractivity contribution is 6.36. The lowest BCUT2D eigenvalue weighted by Gasteiger charge is -2.13. The summed E-state index contributed by atoms with van der Waals surface area (Å²) in [6.07, 6.45) is 6.79. The second kappa shape index (κ2) is 10.3. The SMILES string of the molecule is CNc1nc(NCCNc2ncc(-n3ccnc3)c(-c3ccc(Cl)cc3Cl)n2)ccc1[N+](=O)[O-]. The van der Waals surface area contributed by atoms with Gasteiger partial charge in [0, 0.05) is 49.2 Å². The van der Waals surface area contributed by atoms with E-state index in [1.54, 1.807) is 60.8 Å². The van der Waals surface area contributed by atoms with Crippen LogP contribution in [0.15, 0.2) is 55.2 Å². The molecule has 0 amide bonds. The summed E-state index contributed by atoms with van der Waals surface area (Å²) >= 11 is 12.5. The number of imidazole rings is 1. The molecule has 0 aliphatic rings. The van der Waals surface area contributed by atoms with Crippen molar-refractivity contribution < 1.29 is 4.92 Å². The molecule has 0 atom stereocenters. The number of halogens is 2. The fourth-order valence-corrected chi connectivity index (χ4v) is 3.68. The standard InChI is InChI=1S/C21H19Cl2N9O2/c1-24-20-16(32(33)34)4-5-18(29-20)26-6-7-27-21-28-11-17(31-9-8-25-12-31)19(30-21)14-3-2-13(22)10-15(14)23/h2-5,8-12H,6-7H2,1H3,(H2,24,26,29)(H,27,28,30). The zero-order valence-corrected chi connectivity index (χ0v) is 19.4. The molecule has 13 heteroatoms. The fraction of sp³-hybridized carbons (Fsp3) is 0.143. The van der Waals surface area contributed by atoms with E-state index in [0.29, 0.717) is 51.8 Å². The molecular weight excluding hydrogens is 481 g/mol. The summed E-state index contributed by atoms with van der Waals surface area (Å²) in [5.74, 6) is 1.09. The molecule has 0 saturated carbocycles. The van der Waals surface area contributed by atoms with Crippen LogP contribution in [0.4, 0.5) is 23.3 Å². The first-order chi connectivity index (χ1) is 16.5. The lowest BCUT2D eigenvalue weighted by Crippen LogP contribution is -2.16. The average Bonchev–Trinajstić information content (AvgIpc) is 3.36. The molecule has 0 unspecified atom stereocenters. The van der Waals surface area contributed by atoms with Crippen molar-refractivity contribution >= 4 is 46.5 Å². The van der Waals surface area contributed by atoms with E-state index >= 15 is 0 Å². The van der Waals surface area contributed by atoms with Crippen molar-refractivity contribution in [3.05, 3.63) is 75.4 Å². The van der Waals surface area contributed by atoms with Gasteiger partial charge in [-0.1, -0.05) is 23.2 Å². The topological polar surface area (TPSA) is 136 Å². The van der Waals surface area contributed by atoms with Crippen molar-refractivity contribution in [1.29, 1.82) is 0 Å². The Morgan fingerprint density at radius 2 is 1.94 bits per heavy atom. The number of nitrogens with one attached hydrogen (secondary N) is 3. The summed E-state index contributed by atoms with van der Waals surface area (Å²) in [6.45, 7) is 0.934. The molecule has 11 nitrogen and oxygen atoms in total. The van der Waals surface area contributed by atoms with Crippen LogP contribution in [0.3, 0.4) is 0 Å². The Bertz CT molecular complexity index is 1320. The maximum atomic E-state index is 11.0. The van der Waals surface area contributed by atoms with E-state index < -0.39 is 4.92 Å². The summed E-state index contributed by atoms with van der Waals surface area (Å²) in [6, 6.07) is 8.16. The summed E-state index contributed by atoms with van der Waals surface area (Å²) in [4.78, 5) is 27.9. The first-order valence-corrected chi connectivity index (χ1v) is 10.8. The first kappa shape index (κ1) is 23.2. The van der Waals surface area contributed by atoms with E-state index in [0.717, 1.165) is 0 Å². The second-order valence-corrected chi connectivity index (χ2v) is 7.79. The van der Waals surface area contributed by atoms with Gasteiger partial charge < -0.3 is 20.5 Å². The Morgan fingerprint density at radius 3 is 2.65 bits per heavy atom. The molecule has 0 spiro atoms. The van der Waals surface area contributed by atoms with Gasteiger partial charge in [0.2, 0.25) is 11.8 Å². The number of anilines is 3. The van der Waals surface area contributed by atoms with E-state index in [2.05, 4.69) is 35.9 Å². The van der Waals surface area contributed by atoms with Crippen LogP contribution < -0.4 is 16.0 Å². The van der Waals surface area contributed by atoms with Crippen molar-refractivity contribution in [2.75, 3.05) is 36.1 Å². The molecule has 4 aromatic rings. The number of rotatable bonds is 9. The zero-order valence-electron chi connectivity index (χ0n) is 17.9. The van der Waals surface area contributed by atoms with Crippen LogP contribution in [0.25, 0.3) is 16.9 Å². The van der Waals surface area contributed by atoms with Gasteiger partial charge in [-0.25, -0.2) is 19.9 Å². The third-order valence-electron chi connectivity index (χ3n) is 4.76. The molecule has 4 rings (SSSR count). The number of benzene rings is 1. The van der Waals surface area contributed by atoms with Crippen molar-refractivity contribution in [2.45, 2.75) is 0 Å². The van der Waals surface area contributed by atoms with Crippen molar-refractivity contribution in [3.63, 3.8) is 0 Å². The Labute approximate surface area is 204 Å². The normalized spacial score (nSPS) is 10.7. The van der Waals surface area contributed by atoms with Gasteiger partial charge in [-0.2, -0.15) is 0 Å². The molecule has 3 aromatic heterocycles. The third-order valence-corrected chi connectivity index (χ3v) is 5.31. The number of nitrogens with zero attached hydrogens (tertiary/aromatic N) is 6. The monoisotopic (exact) mass is 499 g/mol. The summed E-state index contributed by atoms with van der Waals surface area (Å²) in [7, 11) is 1.58. The van der Waals surface area contributed by atoms with Crippen molar-refractivity contribution in [2.24, 2.45) is 0 Å². The number of nitro groups is 1. The van der Waals surface area contributed by atoms with Crippen LogP contribution in [0, 0.1) is 10.1 Å². The summed E-state index contributed by atoms with van der Waals surface area (Å²) in [5, 5.41) is 21.0. The molecule has 0 fully saturated rings. The minimum Gasteiger partial charge on any atom is -0.368 e. The Morgan fingerprint density at radius 1 is 1.12 bits per heavy atom. The Hall–Kier alpha value is -3.96. The third kappa shape index (κ3) is 5.16. The molecule has 1 aromatic carbocycles. The van der Waals surface area contributed by atoms with E-state index in [4.69, 9.17) is 23.2 Å². The van der Waals surface area contributed by atoms with Gasteiger partial charge in [-0.3, -0.25) is 10.1 Å². The molecule has 0 bridgehead atoms. The maximum Gasteiger partial charge on any atom is 0.311 e. The second-order valence-electron chi connectivity index (χ2n) is 6.95. The highest BCUT2D eigenvalue weighted by Gasteiger charge is 2.16. The molecule has 34 heavy (non-hydrogen) atoms. The van der Waals surface area contributed by atoms with Crippen LogP contribution in [-0.4, -0.2) is 49.6 Å². The number of aromatic nitrogens is 5. The molecule has 174 valence electrons. The highest BCUT2D eigenvalue weighted by Crippen LogP contribution is 2.33. The molecular formula is C21H19Cl2N9O2. The fourth-order valence-electron chi connectivity index (χ4n) is 3.18. The van der Waals surface area contributed by atoms with Crippen LogP contribution in [0.1, 0.15) is 0 Å². The average molecular weight is 500 g/mol. The summed E-state index contributed by atoms with van der Waals surface area (Å²) < 4.78 is 1.80. The Kier molecular flexibility index (Phi) is 7.04. The minimum absolute atomic E-state index is 0.0917. The van der Waals surface area contributed by atoms with Gasteiger partial charge in [-0.15, -0.1) is 0 Å². The van der Waals surface area contributed by atoms with Crippen molar-refractivity contribution in [3.8, 4) is 16.9 Å². The van der Waals surface area contributed by atoms with Gasteiger partial charge >= 0.3 is 5.69 Å². The van der Waals surface area contributed by atoms with Gasteiger partial charge in [0.25, 0.3) is 0 Å².